The normalized spacial score (nSPS) is 23.1. The Kier molecular flexibility index (Phi) is 8.32. The van der Waals surface area contributed by atoms with E-state index >= 15 is 0 Å². The molecule has 1 fully saturated rings. The zero-order valence-corrected chi connectivity index (χ0v) is 22.4. The van der Waals surface area contributed by atoms with E-state index < -0.39 is 29.5 Å². The molecule has 2 aromatic rings. The second kappa shape index (κ2) is 11.9. The maximum atomic E-state index is 14.2. The average molecular weight is 556 g/mol. The number of nitrogens with zero attached hydrogens (tertiary/aromatic N) is 1. The minimum absolute atomic E-state index is 0.136. The Labute approximate surface area is 231 Å². The number of esters is 1. The van der Waals surface area contributed by atoms with Crippen molar-refractivity contribution in [1.29, 1.82) is 0 Å². The lowest BCUT2D eigenvalue weighted by molar-refractivity contribution is -0.138. The first-order valence-electron chi connectivity index (χ1n) is 12.9. The standard InChI is InChI=1S/C29H31ClFN3O5/c1-37-28(36)26-25(27(35)32-9-10-34-11-13-38-14-12-34)23-7-8-29(26,39-23)24(15-19-5-3-2-4-6-19)33-22-17-20(30)16-21(31)18-22/h2-8,16-18,23-24,33H,9-15H2,1H3,(H,32,35). The van der Waals surface area contributed by atoms with Gasteiger partial charge in [-0.15, -0.1) is 0 Å². The molecule has 5 rings (SSSR count). The van der Waals surface area contributed by atoms with E-state index in [1.54, 1.807) is 18.2 Å². The smallest absolute Gasteiger partial charge is 0.337 e. The molecule has 3 heterocycles. The first-order chi connectivity index (χ1) is 18.9. The van der Waals surface area contributed by atoms with Crippen molar-refractivity contribution >= 4 is 29.2 Å². The van der Waals surface area contributed by atoms with Gasteiger partial charge < -0.3 is 24.8 Å². The van der Waals surface area contributed by atoms with E-state index in [0.717, 1.165) is 18.7 Å². The maximum Gasteiger partial charge on any atom is 0.337 e. The van der Waals surface area contributed by atoms with Gasteiger partial charge in [-0.2, -0.15) is 0 Å². The highest BCUT2D eigenvalue weighted by Gasteiger charge is 2.58. The zero-order valence-electron chi connectivity index (χ0n) is 21.6. The lowest BCUT2D eigenvalue weighted by Gasteiger charge is -2.36. The monoisotopic (exact) mass is 555 g/mol. The van der Waals surface area contributed by atoms with Crippen LogP contribution in [0.4, 0.5) is 10.1 Å². The molecule has 1 saturated heterocycles. The summed E-state index contributed by atoms with van der Waals surface area (Å²) >= 11 is 6.13. The summed E-state index contributed by atoms with van der Waals surface area (Å²) in [7, 11) is 1.28. The van der Waals surface area contributed by atoms with Crippen molar-refractivity contribution in [1.82, 2.24) is 10.2 Å². The third-order valence-electron chi connectivity index (χ3n) is 7.24. The van der Waals surface area contributed by atoms with E-state index in [1.165, 1.54) is 19.2 Å². The van der Waals surface area contributed by atoms with Crippen molar-refractivity contribution in [3.63, 3.8) is 0 Å². The highest BCUT2D eigenvalue weighted by atomic mass is 35.5. The van der Waals surface area contributed by atoms with Gasteiger partial charge in [0.05, 0.1) is 37.5 Å². The van der Waals surface area contributed by atoms with Gasteiger partial charge in [-0.1, -0.05) is 48.0 Å². The quantitative estimate of drug-likeness (QED) is 0.344. The number of amides is 1. The highest BCUT2D eigenvalue weighted by molar-refractivity contribution is 6.30. The van der Waals surface area contributed by atoms with Crippen LogP contribution in [0.3, 0.4) is 0 Å². The van der Waals surface area contributed by atoms with Crippen LogP contribution in [0.25, 0.3) is 0 Å². The molecule has 0 radical (unpaired) electrons. The fourth-order valence-corrected chi connectivity index (χ4v) is 5.62. The number of morpholine rings is 1. The topological polar surface area (TPSA) is 89.1 Å². The molecule has 39 heavy (non-hydrogen) atoms. The predicted molar refractivity (Wildman–Crippen MR) is 145 cm³/mol. The van der Waals surface area contributed by atoms with Crippen LogP contribution in [-0.2, 0) is 30.2 Å². The Hall–Kier alpha value is -3.24. The van der Waals surface area contributed by atoms with Crippen molar-refractivity contribution in [2.75, 3.05) is 51.8 Å². The van der Waals surface area contributed by atoms with Gasteiger partial charge in [-0.05, 0) is 36.3 Å². The fraction of sp³-hybridized carbons (Fsp3) is 0.379. The van der Waals surface area contributed by atoms with E-state index in [2.05, 4.69) is 15.5 Å². The van der Waals surface area contributed by atoms with Crippen LogP contribution in [0.2, 0.25) is 5.02 Å². The summed E-state index contributed by atoms with van der Waals surface area (Å²) in [6.45, 7) is 4.03. The molecule has 0 spiro atoms. The van der Waals surface area contributed by atoms with Crippen LogP contribution in [0.1, 0.15) is 5.56 Å². The molecule has 2 aromatic carbocycles. The van der Waals surface area contributed by atoms with E-state index in [0.29, 0.717) is 38.4 Å². The largest absolute Gasteiger partial charge is 0.466 e. The fourth-order valence-electron chi connectivity index (χ4n) is 5.40. The van der Waals surface area contributed by atoms with Gasteiger partial charge in [-0.25, -0.2) is 9.18 Å². The lowest BCUT2D eigenvalue weighted by atomic mass is 9.78. The number of carbonyl (C=O) groups excluding carboxylic acids is 2. The van der Waals surface area contributed by atoms with E-state index in [-0.39, 0.29) is 22.1 Å². The molecule has 3 atom stereocenters. The minimum Gasteiger partial charge on any atom is -0.466 e. The molecular weight excluding hydrogens is 525 g/mol. The number of hydrogen-bond donors (Lipinski definition) is 2. The Balaban J connectivity index is 1.47. The maximum absolute atomic E-state index is 14.2. The summed E-state index contributed by atoms with van der Waals surface area (Å²) in [5.74, 6) is -1.54. The summed E-state index contributed by atoms with van der Waals surface area (Å²) in [5, 5.41) is 6.51. The number of methoxy groups -OCH3 is 1. The first-order valence-corrected chi connectivity index (χ1v) is 13.3. The summed E-state index contributed by atoms with van der Waals surface area (Å²) in [6, 6.07) is 13.2. The Morgan fingerprint density at radius 2 is 1.97 bits per heavy atom. The first kappa shape index (κ1) is 27.3. The van der Waals surface area contributed by atoms with Gasteiger partial charge in [0, 0.05) is 36.9 Å². The number of ether oxygens (including phenoxy) is 3. The minimum atomic E-state index is -1.33. The van der Waals surface area contributed by atoms with Crippen LogP contribution in [0.5, 0.6) is 0 Å². The number of halogens is 2. The van der Waals surface area contributed by atoms with Crippen LogP contribution < -0.4 is 10.6 Å². The summed E-state index contributed by atoms with van der Waals surface area (Å²) in [4.78, 5) is 28.9. The van der Waals surface area contributed by atoms with Crippen LogP contribution >= 0.6 is 11.6 Å². The SMILES string of the molecule is COC(=O)C1=C(C(=O)NCCN2CCOCC2)C2C=CC1(C(Cc1ccccc1)Nc1cc(F)cc(Cl)c1)O2. The van der Waals surface area contributed by atoms with E-state index in [9.17, 15) is 14.0 Å². The van der Waals surface area contributed by atoms with Crippen molar-refractivity contribution in [2.45, 2.75) is 24.2 Å². The van der Waals surface area contributed by atoms with Crippen LogP contribution in [0.15, 0.2) is 71.8 Å². The summed E-state index contributed by atoms with van der Waals surface area (Å²) in [6.07, 6.45) is 3.24. The van der Waals surface area contributed by atoms with Crippen molar-refractivity contribution in [3.8, 4) is 0 Å². The number of anilines is 1. The molecule has 10 heteroatoms. The van der Waals surface area contributed by atoms with Gasteiger partial charge in [-0.3, -0.25) is 9.69 Å². The predicted octanol–water partition coefficient (Wildman–Crippen LogP) is 3.13. The molecule has 3 unspecified atom stereocenters. The molecular formula is C29H31ClFN3O5. The zero-order chi connectivity index (χ0) is 27.4. The number of hydrogen-bond acceptors (Lipinski definition) is 7. The number of fused-ring (bicyclic) bond motifs is 2. The number of benzene rings is 2. The van der Waals surface area contributed by atoms with Crippen molar-refractivity contribution in [3.05, 3.63) is 88.2 Å². The lowest BCUT2D eigenvalue weighted by Crippen LogP contribution is -2.49. The molecule has 3 aliphatic heterocycles. The van der Waals surface area contributed by atoms with Crippen LogP contribution in [0, 0.1) is 5.82 Å². The second-order valence-corrected chi connectivity index (χ2v) is 10.2. The number of nitrogens with one attached hydrogen (secondary N) is 2. The molecule has 2 N–H and O–H groups in total. The summed E-state index contributed by atoms with van der Waals surface area (Å²) < 4.78 is 31.2. The second-order valence-electron chi connectivity index (χ2n) is 9.73. The van der Waals surface area contributed by atoms with Gasteiger partial charge in [0.1, 0.15) is 17.5 Å². The molecule has 1 amide bonds. The van der Waals surface area contributed by atoms with Crippen LogP contribution in [-0.4, -0.2) is 81.0 Å². The number of carbonyl (C=O) groups is 2. The van der Waals surface area contributed by atoms with E-state index in [4.69, 9.17) is 25.8 Å². The third-order valence-corrected chi connectivity index (χ3v) is 7.46. The van der Waals surface area contributed by atoms with Crippen molar-refractivity contribution < 1.29 is 28.2 Å². The average Bonchev–Trinajstić information content (AvgIpc) is 3.51. The van der Waals surface area contributed by atoms with E-state index in [1.807, 2.05) is 30.3 Å². The molecule has 0 aliphatic carbocycles. The van der Waals surface area contributed by atoms with Gasteiger partial charge >= 0.3 is 5.97 Å². The molecule has 3 aliphatic rings. The molecule has 8 nitrogen and oxygen atoms in total. The van der Waals surface area contributed by atoms with Gasteiger partial charge in [0.25, 0.3) is 5.91 Å². The van der Waals surface area contributed by atoms with Gasteiger partial charge in [0.15, 0.2) is 0 Å². The third kappa shape index (κ3) is 5.86. The number of rotatable bonds is 10. The molecule has 206 valence electrons. The Morgan fingerprint density at radius 1 is 1.21 bits per heavy atom. The van der Waals surface area contributed by atoms with Gasteiger partial charge in [0.2, 0.25) is 0 Å². The molecule has 0 saturated carbocycles. The Morgan fingerprint density at radius 3 is 2.69 bits per heavy atom. The summed E-state index contributed by atoms with van der Waals surface area (Å²) in [5.41, 5.74) is 0.410. The molecule has 2 bridgehead atoms. The Bertz CT molecular complexity index is 1260. The highest BCUT2D eigenvalue weighted by Crippen LogP contribution is 2.47. The van der Waals surface area contributed by atoms with Crippen molar-refractivity contribution in [2.24, 2.45) is 0 Å². The molecule has 0 aromatic heterocycles.